The van der Waals surface area contributed by atoms with Gasteiger partial charge in [-0.05, 0) is 57.2 Å². The molecule has 1 saturated carbocycles. The second-order valence-corrected chi connectivity index (χ2v) is 13.2. The lowest BCUT2D eigenvalue weighted by molar-refractivity contribution is 0.0323. The van der Waals surface area contributed by atoms with Gasteiger partial charge in [-0.25, -0.2) is 0 Å². The molecule has 0 bridgehead atoms. The molecule has 1 fully saturated rings. The molecule has 1 rings (SSSR count). The summed E-state index contributed by atoms with van der Waals surface area (Å²) in [7, 11) is -2.81. The Labute approximate surface area is 127 Å². The van der Waals surface area contributed by atoms with Crippen LogP contribution in [0.4, 0.5) is 0 Å². The second kappa shape index (κ2) is 8.24. The van der Waals surface area contributed by atoms with E-state index in [4.69, 9.17) is 13.3 Å². The molecule has 0 heterocycles. The summed E-state index contributed by atoms with van der Waals surface area (Å²) in [4.78, 5) is 0. The third-order valence-electron chi connectivity index (χ3n) is 3.77. The van der Waals surface area contributed by atoms with Gasteiger partial charge in [-0.15, -0.1) is 0 Å². The summed E-state index contributed by atoms with van der Waals surface area (Å²) >= 11 is 0. The van der Waals surface area contributed by atoms with Crippen LogP contribution < -0.4 is 0 Å². The third kappa shape index (κ3) is 6.53. The summed E-state index contributed by atoms with van der Waals surface area (Å²) in [5, 5.41) is 0. The molecule has 0 aromatic heterocycles. The zero-order valence-corrected chi connectivity index (χ0v) is 16.2. The van der Waals surface area contributed by atoms with E-state index in [1.165, 1.54) is 12.8 Å². The summed E-state index contributed by atoms with van der Waals surface area (Å²) in [6, 6.07) is 0. The van der Waals surface area contributed by atoms with Crippen LogP contribution >= 0.6 is 8.60 Å². The van der Waals surface area contributed by atoms with Gasteiger partial charge >= 0.3 is 8.60 Å². The van der Waals surface area contributed by atoms with Crippen LogP contribution in [0.25, 0.3) is 0 Å². The van der Waals surface area contributed by atoms with Crippen molar-refractivity contribution in [2.45, 2.75) is 72.7 Å². The van der Waals surface area contributed by atoms with E-state index in [1.807, 2.05) is 6.92 Å². The first-order valence-electron chi connectivity index (χ1n) is 8.02. The summed E-state index contributed by atoms with van der Waals surface area (Å²) in [6.45, 7) is 16.2. The smallest absolute Gasteiger partial charge is 0.322 e. The molecule has 0 N–H and O–H groups in total. The van der Waals surface area contributed by atoms with E-state index in [0.717, 1.165) is 12.3 Å². The molecule has 120 valence electrons. The highest BCUT2D eigenvalue weighted by molar-refractivity contribution is 7.43. The van der Waals surface area contributed by atoms with Crippen molar-refractivity contribution in [3.05, 3.63) is 0 Å². The van der Waals surface area contributed by atoms with Crippen molar-refractivity contribution in [3.63, 3.8) is 0 Å². The lowest BCUT2D eigenvalue weighted by Gasteiger charge is -2.38. The second-order valence-electron chi connectivity index (χ2n) is 7.31. The fourth-order valence-electron chi connectivity index (χ4n) is 2.75. The molecule has 0 saturated heterocycles. The molecule has 1 unspecified atom stereocenters. The Kier molecular flexibility index (Phi) is 7.65. The SMILES string of the molecule is CCOP(O[C@@H]1C[C@H](C)CC[C@H]1C(C)C)O[Si](C)(C)C. The summed E-state index contributed by atoms with van der Waals surface area (Å²) in [5.41, 5.74) is 0. The molecule has 0 aliphatic heterocycles. The largest absolute Gasteiger partial charge is 0.355 e. The zero-order chi connectivity index (χ0) is 15.3. The molecule has 4 atom stereocenters. The van der Waals surface area contributed by atoms with E-state index in [2.05, 4.69) is 40.4 Å². The van der Waals surface area contributed by atoms with E-state index in [0.29, 0.717) is 24.5 Å². The Balaban J connectivity index is 2.67. The Morgan fingerprint density at radius 1 is 1.20 bits per heavy atom. The fourth-order valence-corrected chi connectivity index (χ4v) is 5.66. The maximum atomic E-state index is 6.31. The predicted molar refractivity (Wildman–Crippen MR) is 89.2 cm³/mol. The van der Waals surface area contributed by atoms with Crippen molar-refractivity contribution < 1.29 is 13.3 Å². The maximum Gasteiger partial charge on any atom is 0.322 e. The average molecular weight is 320 g/mol. The van der Waals surface area contributed by atoms with Crippen LogP contribution in [-0.2, 0) is 13.3 Å². The van der Waals surface area contributed by atoms with Gasteiger partial charge < -0.3 is 13.3 Å². The van der Waals surface area contributed by atoms with E-state index in [-0.39, 0.29) is 0 Å². The minimum atomic E-state index is -1.63. The summed E-state index contributed by atoms with van der Waals surface area (Å²) < 4.78 is 18.1. The first kappa shape index (κ1) is 18.6. The van der Waals surface area contributed by atoms with Gasteiger partial charge in [-0.1, -0.05) is 27.2 Å². The number of hydrogen-bond donors (Lipinski definition) is 0. The molecule has 0 spiro atoms. The summed E-state index contributed by atoms with van der Waals surface area (Å²) in [5.74, 6) is 2.06. The quantitative estimate of drug-likeness (QED) is 0.453. The van der Waals surface area contributed by atoms with E-state index >= 15 is 0 Å². The van der Waals surface area contributed by atoms with Gasteiger partial charge in [0, 0.05) is 0 Å². The molecule has 5 heteroatoms. The van der Waals surface area contributed by atoms with Crippen molar-refractivity contribution in [2.75, 3.05) is 6.61 Å². The predicted octanol–water partition coefficient (Wildman–Crippen LogP) is 5.58. The van der Waals surface area contributed by atoms with Crippen molar-refractivity contribution in [1.82, 2.24) is 0 Å². The van der Waals surface area contributed by atoms with E-state index < -0.39 is 16.9 Å². The van der Waals surface area contributed by atoms with Gasteiger partial charge in [-0.2, -0.15) is 0 Å². The fraction of sp³-hybridized carbons (Fsp3) is 1.00. The minimum Gasteiger partial charge on any atom is -0.355 e. The van der Waals surface area contributed by atoms with Crippen molar-refractivity contribution in [1.29, 1.82) is 0 Å². The van der Waals surface area contributed by atoms with Crippen LogP contribution in [0.15, 0.2) is 0 Å². The highest BCUT2D eigenvalue weighted by Gasteiger charge is 2.35. The normalized spacial score (nSPS) is 29.7. The first-order chi connectivity index (χ1) is 9.23. The highest BCUT2D eigenvalue weighted by atomic mass is 31.2. The van der Waals surface area contributed by atoms with Crippen LogP contribution in [0.3, 0.4) is 0 Å². The van der Waals surface area contributed by atoms with E-state index in [1.54, 1.807) is 0 Å². The highest BCUT2D eigenvalue weighted by Crippen LogP contribution is 2.48. The summed E-state index contributed by atoms with van der Waals surface area (Å²) in [6.07, 6.45) is 4.03. The number of hydrogen-bond acceptors (Lipinski definition) is 3. The van der Waals surface area contributed by atoms with Gasteiger partial charge in [0.2, 0.25) is 0 Å². The van der Waals surface area contributed by atoms with Crippen molar-refractivity contribution >= 4 is 16.9 Å². The molecular formula is C15H33O3PSi. The Hall–Kier alpha value is 0.527. The average Bonchev–Trinajstić information content (AvgIpc) is 2.26. The molecule has 0 aromatic carbocycles. The minimum absolute atomic E-state index is 0.299. The number of rotatable bonds is 7. The van der Waals surface area contributed by atoms with Crippen LogP contribution in [-0.4, -0.2) is 21.0 Å². The van der Waals surface area contributed by atoms with Crippen LogP contribution in [0.1, 0.15) is 47.0 Å². The Morgan fingerprint density at radius 3 is 2.35 bits per heavy atom. The van der Waals surface area contributed by atoms with E-state index in [9.17, 15) is 0 Å². The molecule has 1 aliphatic carbocycles. The molecule has 1 aliphatic rings. The molecule has 20 heavy (non-hydrogen) atoms. The lowest BCUT2D eigenvalue weighted by atomic mass is 9.75. The first-order valence-corrected chi connectivity index (χ1v) is 12.5. The molecule has 3 nitrogen and oxygen atoms in total. The van der Waals surface area contributed by atoms with Crippen molar-refractivity contribution in [3.8, 4) is 0 Å². The van der Waals surface area contributed by atoms with Crippen LogP contribution in [0.2, 0.25) is 19.6 Å². The van der Waals surface area contributed by atoms with Crippen LogP contribution in [0.5, 0.6) is 0 Å². The molecule has 0 amide bonds. The lowest BCUT2D eigenvalue weighted by Crippen LogP contribution is -2.34. The molecule has 0 radical (unpaired) electrons. The maximum absolute atomic E-state index is 6.31. The van der Waals surface area contributed by atoms with Gasteiger partial charge in [0.05, 0.1) is 12.7 Å². The zero-order valence-electron chi connectivity index (χ0n) is 14.3. The van der Waals surface area contributed by atoms with Gasteiger partial charge in [0.1, 0.15) is 0 Å². The van der Waals surface area contributed by atoms with Gasteiger partial charge in [-0.3, -0.25) is 0 Å². The van der Waals surface area contributed by atoms with Gasteiger partial charge in [0.25, 0.3) is 0 Å². The Bertz CT molecular complexity index is 281. The Morgan fingerprint density at radius 2 is 1.85 bits per heavy atom. The topological polar surface area (TPSA) is 27.7 Å². The standard InChI is InChI=1S/C15H33O3PSi/c1-8-16-19(18-20(5,6)7)17-15-11-13(4)9-10-14(15)12(2)3/h12-15H,8-11H2,1-7H3/t13-,14+,15-,19?/m1/s1. The molecule has 0 aromatic rings. The van der Waals surface area contributed by atoms with Gasteiger partial charge in [0.15, 0.2) is 8.32 Å². The monoisotopic (exact) mass is 320 g/mol. The van der Waals surface area contributed by atoms with Crippen molar-refractivity contribution in [2.24, 2.45) is 17.8 Å². The third-order valence-corrected chi connectivity index (χ3v) is 7.46. The van der Waals surface area contributed by atoms with Crippen LogP contribution in [0, 0.1) is 17.8 Å². The molecular weight excluding hydrogens is 287 g/mol.